The van der Waals surface area contributed by atoms with Crippen LogP contribution in [0.4, 0.5) is 17.1 Å². The summed E-state index contributed by atoms with van der Waals surface area (Å²) in [6.07, 6.45) is 0. The van der Waals surface area contributed by atoms with Crippen LogP contribution < -0.4 is 4.90 Å². The van der Waals surface area contributed by atoms with Gasteiger partial charge in [0.2, 0.25) is 0 Å². The van der Waals surface area contributed by atoms with E-state index in [4.69, 9.17) is 4.42 Å². The van der Waals surface area contributed by atoms with E-state index in [9.17, 15) is 0 Å². The fraction of sp³-hybridized carbons (Fsp3) is 0.0159. The maximum Gasteiger partial charge on any atom is 0.143 e. The second-order valence-electron chi connectivity index (χ2n) is 17.1. The van der Waals surface area contributed by atoms with Crippen molar-refractivity contribution in [3.05, 3.63) is 271 Å². The van der Waals surface area contributed by atoms with E-state index < -0.39 is 5.41 Å². The second-order valence-corrected chi connectivity index (χ2v) is 17.1. The largest absolute Gasteiger partial charge is 0.455 e. The molecule has 1 aromatic heterocycles. The van der Waals surface area contributed by atoms with Gasteiger partial charge in [-0.25, -0.2) is 0 Å². The molecule has 1 aliphatic rings. The van der Waals surface area contributed by atoms with Crippen LogP contribution in [0.25, 0.3) is 76.9 Å². The summed E-state index contributed by atoms with van der Waals surface area (Å²) >= 11 is 0. The zero-order chi connectivity index (χ0) is 42.9. The van der Waals surface area contributed by atoms with E-state index >= 15 is 0 Å². The summed E-state index contributed by atoms with van der Waals surface area (Å²) in [6, 6.07) is 90.8. The molecular weight excluding hydrogens is 787 g/mol. The number of hydrogen-bond donors (Lipinski definition) is 0. The van der Waals surface area contributed by atoms with Crippen molar-refractivity contribution in [1.82, 2.24) is 0 Å². The first-order valence-corrected chi connectivity index (χ1v) is 22.4. The lowest BCUT2D eigenvalue weighted by Crippen LogP contribution is -2.28. The minimum Gasteiger partial charge on any atom is -0.455 e. The lowest BCUT2D eigenvalue weighted by Gasteiger charge is -2.35. The number of benzene rings is 11. The molecule has 65 heavy (non-hydrogen) atoms. The van der Waals surface area contributed by atoms with Crippen LogP contribution in [0.1, 0.15) is 22.3 Å². The van der Waals surface area contributed by atoms with Crippen molar-refractivity contribution >= 4 is 60.5 Å². The van der Waals surface area contributed by atoms with E-state index in [1.165, 1.54) is 60.7 Å². The van der Waals surface area contributed by atoms with Crippen LogP contribution in [0.5, 0.6) is 0 Å². The Morgan fingerprint density at radius 1 is 0.308 bits per heavy atom. The molecule has 2 nitrogen and oxygen atoms in total. The number of para-hydroxylation sites is 2. The van der Waals surface area contributed by atoms with Gasteiger partial charge in [-0.3, -0.25) is 0 Å². The smallest absolute Gasteiger partial charge is 0.143 e. The Hall–Kier alpha value is -8.46. The normalized spacial score (nSPS) is 12.7. The molecule has 0 atom stereocenters. The molecule has 0 amide bonds. The van der Waals surface area contributed by atoms with Crippen LogP contribution in [0.15, 0.2) is 253 Å². The van der Waals surface area contributed by atoms with Crippen molar-refractivity contribution in [3.8, 4) is 33.4 Å². The maximum atomic E-state index is 7.00. The number of fused-ring (bicyclic) bond motifs is 9. The van der Waals surface area contributed by atoms with Crippen molar-refractivity contribution in [2.45, 2.75) is 5.41 Å². The standard InChI is InChI=1S/C63H41NO/c1-3-20-45(21-4-1)63(46-22-5-2-6-23-46)58-31-13-11-26-52(58)53-40-38-48(41-59(53)63)64(47-36-33-44(34-37-47)50-28-15-19-42-17-7-9-24-49(42)50)60-32-14-12-27-54(60)55-29-16-30-56-57-39-35-43-18-8-10-25-51(43)61(57)65-62(55)56/h1-41H. The Kier molecular flexibility index (Phi) is 8.47. The summed E-state index contributed by atoms with van der Waals surface area (Å²) in [7, 11) is 0. The third-order valence-electron chi connectivity index (χ3n) is 13.8. The van der Waals surface area contributed by atoms with Crippen molar-refractivity contribution in [3.63, 3.8) is 0 Å². The molecule has 0 radical (unpaired) electrons. The molecule has 12 aromatic rings. The zero-order valence-corrected chi connectivity index (χ0v) is 35.5. The minimum absolute atomic E-state index is 0.545. The molecular formula is C63H41NO. The summed E-state index contributed by atoms with van der Waals surface area (Å²) < 4.78 is 7.00. The van der Waals surface area contributed by atoms with E-state index in [2.05, 4.69) is 254 Å². The summed E-state index contributed by atoms with van der Waals surface area (Å²) in [5.41, 5.74) is 16.5. The lowest BCUT2D eigenvalue weighted by molar-refractivity contribution is 0.674. The number of rotatable bonds is 7. The third kappa shape index (κ3) is 5.67. The highest BCUT2D eigenvalue weighted by atomic mass is 16.3. The Labute approximate surface area is 377 Å². The maximum absolute atomic E-state index is 7.00. The fourth-order valence-electron chi connectivity index (χ4n) is 10.9. The zero-order valence-electron chi connectivity index (χ0n) is 35.5. The van der Waals surface area contributed by atoms with E-state index in [0.717, 1.165) is 55.5 Å². The van der Waals surface area contributed by atoms with Gasteiger partial charge in [-0.2, -0.15) is 0 Å². The first-order valence-electron chi connectivity index (χ1n) is 22.4. The Morgan fingerprint density at radius 3 is 1.63 bits per heavy atom. The molecule has 1 aliphatic carbocycles. The molecule has 0 saturated carbocycles. The lowest BCUT2D eigenvalue weighted by atomic mass is 9.67. The highest BCUT2D eigenvalue weighted by molar-refractivity contribution is 6.17. The number of furan rings is 1. The predicted molar refractivity (Wildman–Crippen MR) is 272 cm³/mol. The number of nitrogens with zero attached hydrogens (tertiary/aromatic N) is 1. The van der Waals surface area contributed by atoms with Gasteiger partial charge < -0.3 is 9.32 Å². The molecule has 11 aromatic carbocycles. The summed E-state index contributed by atoms with van der Waals surface area (Å²) in [5, 5.41) is 6.99. The van der Waals surface area contributed by atoms with Crippen molar-refractivity contribution in [2.24, 2.45) is 0 Å². The average Bonchev–Trinajstić information content (AvgIpc) is 3.92. The van der Waals surface area contributed by atoms with Gasteiger partial charge >= 0.3 is 0 Å². The summed E-state index contributed by atoms with van der Waals surface area (Å²) in [5.74, 6) is 0. The van der Waals surface area contributed by atoms with Gasteiger partial charge in [0.25, 0.3) is 0 Å². The quantitative estimate of drug-likeness (QED) is 0.159. The van der Waals surface area contributed by atoms with E-state index in [-0.39, 0.29) is 0 Å². The summed E-state index contributed by atoms with van der Waals surface area (Å²) in [6.45, 7) is 0. The Balaban J connectivity index is 1.06. The van der Waals surface area contributed by atoms with Gasteiger partial charge in [0.05, 0.1) is 11.1 Å². The molecule has 1 heterocycles. The van der Waals surface area contributed by atoms with E-state index in [0.29, 0.717) is 0 Å². The van der Waals surface area contributed by atoms with E-state index in [1.54, 1.807) is 0 Å². The first-order chi connectivity index (χ1) is 32.3. The molecule has 0 bridgehead atoms. The molecule has 2 heteroatoms. The van der Waals surface area contributed by atoms with Crippen LogP contribution in [0, 0.1) is 0 Å². The van der Waals surface area contributed by atoms with Crippen molar-refractivity contribution in [2.75, 3.05) is 4.90 Å². The fourth-order valence-corrected chi connectivity index (χ4v) is 10.9. The highest BCUT2D eigenvalue weighted by Crippen LogP contribution is 2.57. The van der Waals surface area contributed by atoms with Crippen LogP contribution in [-0.2, 0) is 5.41 Å². The molecule has 0 unspecified atom stereocenters. The minimum atomic E-state index is -0.545. The Morgan fingerprint density at radius 2 is 0.846 bits per heavy atom. The molecule has 0 N–H and O–H groups in total. The average molecular weight is 828 g/mol. The number of anilines is 3. The number of hydrogen-bond acceptors (Lipinski definition) is 2. The molecule has 0 aliphatic heterocycles. The topological polar surface area (TPSA) is 16.4 Å². The molecule has 0 spiro atoms. The molecule has 13 rings (SSSR count). The van der Waals surface area contributed by atoms with Gasteiger partial charge in [-0.05, 0) is 97.1 Å². The van der Waals surface area contributed by atoms with Crippen LogP contribution in [0.2, 0.25) is 0 Å². The van der Waals surface area contributed by atoms with Crippen molar-refractivity contribution < 1.29 is 4.42 Å². The monoisotopic (exact) mass is 827 g/mol. The van der Waals surface area contributed by atoms with Gasteiger partial charge in [0.15, 0.2) is 0 Å². The van der Waals surface area contributed by atoms with Gasteiger partial charge in [-0.1, -0.05) is 212 Å². The summed E-state index contributed by atoms with van der Waals surface area (Å²) in [4.78, 5) is 2.45. The third-order valence-corrected chi connectivity index (χ3v) is 13.8. The van der Waals surface area contributed by atoms with Crippen LogP contribution in [0.3, 0.4) is 0 Å². The SMILES string of the molecule is c1ccc(C2(c3ccccc3)c3ccccc3-c3ccc(N(c4ccc(-c5cccc6ccccc56)cc4)c4ccccc4-c4cccc5c4oc4c6ccccc6ccc54)cc32)cc1. The molecule has 304 valence electrons. The molecule has 0 fully saturated rings. The van der Waals surface area contributed by atoms with E-state index in [1.807, 2.05) is 0 Å². The Bertz CT molecular complexity index is 3730. The van der Waals surface area contributed by atoms with Crippen molar-refractivity contribution in [1.29, 1.82) is 0 Å². The van der Waals surface area contributed by atoms with Gasteiger partial charge in [-0.15, -0.1) is 0 Å². The molecule has 0 saturated heterocycles. The predicted octanol–water partition coefficient (Wildman–Crippen LogP) is 17.1. The van der Waals surface area contributed by atoms with Crippen LogP contribution in [-0.4, -0.2) is 0 Å². The first kappa shape index (κ1) is 37.1. The van der Waals surface area contributed by atoms with Crippen LogP contribution >= 0.6 is 0 Å². The second kappa shape index (κ2) is 14.8. The van der Waals surface area contributed by atoms with Gasteiger partial charge in [0.1, 0.15) is 11.2 Å². The van der Waals surface area contributed by atoms with Gasteiger partial charge in [0, 0.05) is 38.7 Å². The highest BCUT2D eigenvalue weighted by Gasteiger charge is 2.46.